The van der Waals surface area contributed by atoms with Gasteiger partial charge in [-0.1, -0.05) is 12.1 Å². The number of phenolic OH excluding ortho intramolecular Hbond substituents is 1. The number of ether oxygens (including phenoxy) is 1. The van der Waals surface area contributed by atoms with Gasteiger partial charge in [-0.25, -0.2) is 4.98 Å². The van der Waals surface area contributed by atoms with E-state index in [-0.39, 0.29) is 5.75 Å². The third kappa shape index (κ3) is 1.65. The standard InChI is InChI=1S/C16H13NO3/c18-13-6-2-1-4-10(13)16-17-12-7-8-14-11(15(12)20-16)5-3-9-19-14/h1-2,4,6-8,18H,3,5,9H2. The van der Waals surface area contributed by atoms with Gasteiger partial charge in [0.25, 0.3) is 0 Å². The fourth-order valence-corrected chi connectivity index (χ4v) is 2.60. The first kappa shape index (κ1) is 11.3. The van der Waals surface area contributed by atoms with Crippen molar-refractivity contribution in [1.82, 2.24) is 4.98 Å². The maximum Gasteiger partial charge on any atom is 0.231 e. The summed E-state index contributed by atoms with van der Waals surface area (Å²) in [6, 6.07) is 10.9. The molecule has 1 aliphatic heterocycles. The van der Waals surface area contributed by atoms with Gasteiger partial charge < -0.3 is 14.3 Å². The van der Waals surface area contributed by atoms with E-state index in [1.165, 1.54) is 0 Å². The van der Waals surface area contributed by atoms with E-state index < -0.39 is 0 Å². The summed E-state index contributed by atoms with van der Waals surface area (Å²) >= 11 is 0. The van der Waals surface area contributed by atoms with E-state index in [1.807, 2.05) is 18.2 Å². The van der Waals surface area contributed by atoms with Crippen molar-refractivity contribution in [3.8, 4) is 23.0 Å². The maximum atomic E-state index is 9.90. The van der Waals surface area contributed by atoms with Crippen molar-refractivity contribution in [2.75, 3.05) is 6.61 Å². The van der Waals surface area contributed by atoms with Crippen LogP contribution in [-0.4, -0.2) is 16.7 Å². The largest absolute Gasteiger partial charge is 0.507 e. The molecule has 0 amide bonds. The molecule has 20 heavy (non-hydrogen) atoms. The van der Waals surface area contributed by atoms with Crippen LogP contribution in [0.5, 0.6) is 11.5 Å². The normalized spacial score (nSPS) is 14.0. The Morgan fingerprint density at radius 3 is 2.90 bits per heavy atom. The summed E-state index contributed by atoms with van der Waals surface area (Å²) in [4.78, 5) is 4.47. The number of para-hydroxylation sites is 1. The first-order valence-electron chi connectivity index (χ1n) is 6.66. The minimum absolute atomic E-state index is 0.171. The molecule has 4 nitrogen and oxygen atoms in total. The second-order valence-electron chi connectivity index (χ2n) is 4.88. The van der Waals surface area contributed by atoms with Crippen LogP contribution in [0.15, 0.2) is 40.8 Å². The lowest BCUT2D eigenvalue weighted by atomic mass is 10.1. The highest BCUT2D eigenvalue weighted by molar-refractivity contribution is 5.82. The highest BCUT2D eigenvalue weighted by atomic mass is 16.5. The summed E-state index contributed by atoms with van der Waals surface area (Å²) in [5, 5.41) is 9.90. The Hall–Kier alpha value is -2.49. The maximum absolute atomic E-state index is 9.90. The zero-order valence-electron chi connectivity index (χ0n) is 10.8. The van der Waals surface area contributed by atoms with Gasteiger partial charge in [-0.3, -0.25) is 0 Å². The minimum atomic E-state index is 0.171. The molecular weight excluding hydrogens is 254 g/mol. The molecule has 1 aliphatic rings. The molecular formula is C16H13NO3. The number of nitrogens with zero attached hydrogens (tertiary/aromatic N) is 1. The Labute approximate surface area is 115 Å². The molecule has 0 saturated carbocycles. The first-order chi connectivity index (χ1) is 9.83. The Bertz CT molecular complexity index is 792. The highest BCUT2D eigenvalue weighted by Gasteiger charge is 2.19. The topological polar surface area (TPSA) is 55.5 Å². The van der Waals surface area contributed by atoms with E-state index in [1.54, 1.807) is 18.2 Å². The molecule has 1 aromatic heterocycles. The molecule has 0 aliphatic carbocycles. The molecule has 3 aromatic rings. The van der Waals surface area contributed by atoms with Crippen molar-refractivity contribution >= 4 is 11.1 Å². The third-order valence-electron chi connectivity index (χ3n) is 3.58. The van der Waals surface area contributed by atoms with Crippen molar-refractivity contribution in [2.24, 2.45) is 0 Å². The predicted octanol–water partition coefficient (Wildman–Crippen LogP) is 3.53. The number of hydrogen-bond donors (Lipinski definition) is 1. The molecule has 2 aromatic carbocycles. The van der Waals surface area contributed by atoms with Gasteiger partial charge in [0, 0.05) is 5.56 Å². The van der Waals surface area contributed by atoms with E-state index in [0.29, 0.717) is 11.5 Å². The average Bonchev–Trinajstić information content (AvgIpc) is 2.92. The van der Waals surface area contributed by atoms with Gasteiger partial charge in [0.1, 0.15) is 17.0 Å². The fourth-order valence-electron chi connectivity index (χ4n) is 2.60. The van der Waals surface area contributed by atoms with Gasteiger partial charge in [0.2, 0.25) is 5.89 Å². The third-order valence-corrected chi connectivity index (χ3v) is 3.58. The molecule has 2 heterocycles. The predicted molar refractivity (Wildman–Crippen MR) is 74.9 cm³/mol. The number of oxazole rings is 1. The van der Waals surface area contributed by atoms with Gasteiger partial charge in [-0.2, -0.15) is 0 Å². The summed E-state index contributed by atoms with van der Waals surface area (Å²) in [7, 11) is 0. The van der Waals surface area contributed by atoms with Gasteiger partial charge in [-0.05, 0) is 37.1 Å². The number of fused-ring (bicyclic) bond motifs is 3. The van der Waals surface area contributed by atoms with Crippen molar-refractivity contribution in [3.05, 3.63) is 42.0 Å². The molecule has 0 fully saturated rings. The fraction of sp³-hybridized carbons (Fsp3) is 0.188. The van der Waals surface area contributed by atoms with Crippen LogP contribution in [0.25, 0.3) is 22.6 Å². The van der Waals surface area contributed by atoms with Crippen LogP contribution in [0.4, 0.5) is 0 Å². The molecule has 1 N–H and O–H groups in total. The number of hydrogen-bond acceptors (Lipinski definition) is 4. The lowest BCUT2D eigenvalue weighted by molar-refractivity contribution is 0.288. The van der Waals surface area contributed by atoms with Crippen molar-refractivity contribution in [2.45, 2.75) is 12.8 Å². The van der Waals surface area contributed by atoms with Crippen molar-refractivity contribution in [1.29, 1.82) is 0 Å². The summed E-state index contributed by atoms with van der Waals surface area (Å²) in [5.74, 6) is 1.49. The quantitative estimate of drug-likeness (QED) is 0.732. The molecule has 0 bridgehead atoms. The highest BCUT2D eigenvalue weighted by Crippen LogP contribution is 2.36. The van der Waals surface area contributed by atoms with Crippen LogP contribution in [0.1, 0.15) is 12.0 Å². The van der Waals surface area contributed by atoms with Crippen molar-refractivity contribution < 1.29 is 14.3 Å². The molecule has 0 spiro atoms. The van der Waals surface area contributed by atoms with Crippen LogP contribution < -0.4 is 4.74 Å². The molecule has 0 unspecified atom stereocenters. The summed E-state index contributed by atoms with van der Waals surface area (Å²) in [6.07, 6.45) is 1.92. The Morgan fingerprint density at radius 1 is 1.10 bits per heavy atom. The second kappa shape index (κ2) is 4.27. The summed E-state index contributed by atoms with van der Waals surface area (Å²) in [5.41, 5.74) is 3.24. The van der Waals surface area contributed by atoms with E-state index >= 15 is 0 Å². The molecule has 0 saturated heterocycles. The van der Waals surface area contributed by atoms with Crippen LogP contribution >= 0.6 is 0 Å². The summed E-state index contributed by atoms with van der Waals surface area (Å²) in [6.45, 7) is 0.749. The summed E-state index contributed by atoms with van der Waals surface area (Å²) < 4.78 is 11.5. The SMILES string of the molecule is Oc1ccccc1-c1nc2ccc3c(c2o1)CCCO3. The Kier molecular flexibility index (Phi) is 2.42. The number of aryl methyl sites for hydroxylation is 1. The number of aromatic hydroxyl groups is 1. The smallest absolute Gasteiger partial charge is 0.231 e. The molecule has 0 radical (unpaired) electrons. The number of aromatic nitrogens is 1. The lowest BCUT2D eigenvalue weighted by Crippen LogP contribution is -2.08. The first-order valence-corrected chi connectivity index (χ1v) is 6.66. The van der Waals surface area contributed by atoms with E-state index in [2.05, 4.69) is 4.98 Å². The van der Waals surface area contributed by atoms with Crippen LogP contribution in [0.2, 0.25) is 0 Å². The Balaban J connectivity index is 1.93. The Morgan fingerprint density at radius 2 is 2.00 bits per heavy atom. The number of phenols is 1. The van der Waals surface area contributed by atoms with Gasteiger partial charge >= 0.3 is 0 Å². The molecule has 100 valence electrons. The van der Waals surface area contributed by atoms with E-state index in [9.17, 15) is 5.11 Å². The minimum Gasteiger partial charge on any atom is -0.507 e. The van der Waals surface area contributed by atoms with Gasteiger partial charge in [-0.15, -0.1) is 0 Å². The van der Waals surface area contributed by atoms with Crippen LogP contribution in [0, 0.1) is 0 Å². The van der Waals surface area contributed by atoms with Gasteiger partial charge in [0.15, 0.2) is 5.58 Å². The zero-order valence-corrected chi connectivity index (χ0v) is 10.8. The van der Waals surface area contributed by atoms with Crippen LogP contribution in [-0.2, 0) is 6.42 Å². The lowest BCUT2D eigenvalue weighted by Gasteiger charge is -2.16. The van der Waals surface area contributed by atoms with E-state index in [0.717, 1.165) is 41.9 Å². The van der Waals surface area contributed by atoms with Crippen LogP contribution in [0.3, 0.4) is 0 Å². The number of rotatable bonds is 1. The number of benzene rings is 2. The van der Waals surface area contributed by atoms with E-state index in [4.69, 9.17) is 9.15 Å². The zero-order chi connectivity index (χ0) is 13.5. The second-order valence-corrected chi connectivity index (χ2v) is 4.88. The molecule has 4 heteroatoms. The average molecular weight is 267 g/mol. The molecule has 4 rings (SSSR count). The molecule has 0 atom stereocenters. The monoisotopic (exact) mass is 267 g/mol. The van der Waals surface area contributed by atoms with Gasteiger partial charge in [0.05, 0.1) is 12.2 Å². The van der Waals surface area contributed by atoms with Crippen molar-refractivity contribution in [3.63, 3.8) is 0 Å².